The number of aryl methyl sites for hydroxylation is 1. The van der Waals surface area contributed by atoms with Gasteiger partial charge in [-0.2, -0.15) is 0 Å². The van der Waals surface area contributed by atoms with E-state index in [2.05, 4.69) is 0 Å². The summed E-state index contributed by atoms with van der Waals surface area (Å²) < 4.78 is 10.6. The van der Waals surface area contributed by atoms with Gasteiger partial charge in [0.2, 0.25) is 0 Å². The third-order valence-electron chi connectivity index (χ3n) is 3.17. The van der Waals surface area contributed by atoms with E-state index in [0.29, 0.717) is 6.54 Å². The number of cyclic esters (lactones) is 1. The molecule has 1 aliphatic heterocycles. The zero-order valence-corrected chi connectivity index (χ0v) is 10.6. The lowest BCUT2D eigenvalue weighted by atomic mass is 9.94. The summed E-state index contributed by atoms with van der Waals surface area (Å²) in [6.45, 7) is 4.47. The van der Waals surface area contributed by atoms with Crippen LogP contribution in [-0.4, -0.2) is 31.7 Å². The van der Waals surface area contributed by atoms with Crippen molar-refractivity contribution in [2.75, 3.05) is 20.7 Å². The number of carbonyl (C=O) groups is 1. The van der Waals surface area contributed by atoms with Gasteiger partial charge in [0.25, 0.3) is 0 Å². The van der Waals surface area contributed by atoms with Crippen molar-refractivity contribution in [1.29, 1.82) is 0 Å². The van der Waals surface area contributed by atoms with Crippen molar-refractivity contribution < 1.29 is 14.3 Å². The molecule has 1 amide bonds. The molecule has 1 unspecified atom stereocenters. The molecular weight excluding hydrogens is 218 g/mol. The molecule has 1 aromatic carbocycles. The molecule has 1 fully saturated rings. The summed E-state index contributed by atoms with van der Waals surface area (Å²) in [6, 6.07) is 5.85. The minimum atomic E-state index is -0.567. The van der Waals surface area contributed by atoms with Gasteiger partial charge in [-0.1, -0.05) is 6.07 Å². The van der Waals surface area contributed by atoms with Crippen molar-refractivity contribution in [3.8, 4) is 5.75 Å². The molecule has 1 atom stereocenters. The van der Waals surface area contributed by atoms with Gasteiger partial charge in [-0.25, -0.2) is 4.79 Å². The molecule has 1 aliphatic rings. The molecule has 1 saturated heterocycles. The van der Waals surface area contributed by atoms with Gasteiger partial charge in [0, 0.05) is 7.05 Å². The highest BCUT2D eigenvalue weighted by molar-refractivity contribution is 5.70. The van der Waals surface area contributed by atoms with Gasteiger partial charge < -0.3 is 14.4 Å². The molecule has 4 heteroatoms. The lowest BCUT2D eigenvalue weighted by molar-refractivity contribution is 0.0700. The predicted octanol–water partition coefficient (Wildman–Crippen LogP) is 2.30. The Morgan fingerprint density at radius 3 is 2.65 bits per heavy atom. The smallest absolute Gasteiger partial charge is 0.410 e. The first kappa shape index (κ1) is 11.8. The number of methoxy groups -OCH3 is 1. The van der Waals surface area contributed by atoms with Crippen LogP contribution in [-0.2, 0) is 10.3 Å². The number of hydrogen-bond acceptors (Lipinski definition) is 3. The first-order valence-corrected chi connectivity index (χ1v) is 5.55. The molecule has 0 saturated carbocycles. The van der Waals surface area contributed by atoms with Gasteiger partial charge in [0.1, 0.15) is 5.75 Å². The Balaban J connectivity index is 2.35. The molecule has 1 heterocycles. The highest BCUT2D eigenvalue weighted by Crippen LogP contribution is 2.34. The Bertz CT molecular complexity index is 458. The van der Waals surface area contributed by atoms with Crippen LogP contribution in [0.5, 0.6) is 5.75 Å². The molecular formula is C13H17NO3. The van der Waals surface area contributed by atoms with Crippen LogP contribution in [0.4, 0.5) is 4.79 Å². The summed E-state index contributed by atoms with van der Waals surface area (Å²) in [5, 5.41) is 0. The van der Waals surface area contributed by atoms with Gasteiger partial charge in [-0.05, 0) is 37.1 Å². The monoisotopic (exact) mass is 235 g/mol. The first-order chi connectivity index (χ1) is 7.96. The van der Waals surface area contributed by atoms with Gasteiger partial charge >= 0.3 is 6.09 Å². The van der Waals surface area contributed by atoms with Crippen molar-refractivity contribution in [1.82, 2.24) is 4.90 Å². The van der Waals surface area contributed by atoms with E-state index in [-0.39, 0.29) is 6.09 Å². The molecule has 0 bridgehead atoms. The molecule has 92 valence electrons. The minimum Gasteiger partial charge on any atom is -0.496 e. The molecule has 0 N–H and O–H groups in total. The molecule has 0 aliphatic carbocycles. The van der Waals surface area contributed by atoms with E-state index in [1.165, 1.54) is 0 Å². The summed E-state index contributed by atoms with van der Waals surface area (Å²) in [4.78, 5) is 13.0. The van der Waals surface area contributed by atoms with Crippen LogP contribution in [0.1, 0.15) is 18.1 Å². The predicted molar refractivity (Wildman–Crippen MR) is 64.2 cm³/mol. The van der Waals surface area contributed by atoms with E-state index in [1.54, 1.807) is 19.1 Å². The lowest BCUT2D eigenvalue weighted by Gasteiger charge is -2.22. The van der Waals surface area contributed by atoms with Crippen LogP contribution in [0.15, 0.2) is 18.2 Å². The average Bonchev–Trinajstić information content (AvgIpc) is 2.54. The number of ether oxygens (including phenoxy) is 2. The van der Waals surface area contributed by atoms with E-state index in [0.717, 1.165) is 16.9 Å². The molecule has 4 nitrogen and oxygen atoms in total. The fourth-order valence-corrected chi connectivity index (χ4v) is 2.18. The van der Waals surface area contributed by atoms with Crippen LogP contribution in [0.2, 0.25) is 0 Å². The summed E-state index contributed by atoms with van der Waals surface area (Å²) in [5.74, 6) is 0.843. The Hall–Kier alpha value is -1.71. The zero-order valence-electron chi connectivity index (χ0n) is 10.6. The van der Waals surface area contributed by atoms with Crippen LogP contribution in [0, 0.1) is 6.92 Å². The Kier molecular flexibility index (Phi) is 2.73. The topological polar surface area (TPSA) is 38.8 Å². The molecule has 0 aromatic heterocycles. The Morgan fingerprint density at radius 1 is 1.47 bits per heavy atom. The SMILES string of the molecule is COc1ccc(C2(C)CN(C)C(=O)O2)cc1C. The van der Waals surface area contributed by atoms with Gasteiger partial charge in [0.05, 0.1) is 13.7 Å². The minimum absolute atomic E-state index is 0.277. The van der Waals surface area contributed by atoms with Crippen LogP contribution >= 0.6 is 0 Å². The van der Waals surface area contributed by atoms with Crippen LogP contribution in [0.3, 0.4) is 0 Å². The van der Waals surface area contributed by atoms with E-state index in [1.807, 2.05) is 32.0 Å². The fourth-order valence-electron chi connectivity index (χ4n) is 2.18. The van der Waals surface area contributed by atoms with Gasteiger partial charge in [-0.15, -0.1) is 0 Å². The van der Waals surface area contributed by atoms with Crippen LogP contribution in [0.25, 0.3) is 0 Å². The van der Waals surface area contributed by atoms with Gasteiger partial charge in [0.15, 0.2) is 5.60 Å². The maximum atomic E-state index is 11.5. The highest BCUT2D eigenvalue weighted by Gasteiger charge is 2.41. The van der Waals surface area contributed by atoms with Crippen LogP contribution < -0.4 is 4.74 Å². The number of benzene rings is 1. The third kappa shape index (κ3) is 1.95. The standard InChI is InChI=1S/C13H17NO3/c1-9-7-10(5-6-11(9)16-4)13(2)8-14(3)12(15)17-13/h5-7H,8H2,1-4H3. The molecule has 0 radical (unpaired) electrons. The number of rotatable bonds is 2. The maximum absolute atomic E-state index is 11.5. The highest BCUT2D eigenvalue weighted by atomic mass is 16.6. The number of nitrogens with zero attached hydrogens (tertiary/aromatic N) is 1. The number of carbonyl (C=O) groups excluding carboxylic acids is 1. The zero-order chi connectivity index (χ0) is 12.6. The molecule has 2 rings (SSSR count). The number of likely N-dealkylation sites (N-methyl/N-ethyl adjacent to an activating group) is 1. The molecule has 17 heavy (non-hydrogen) atoms. The quantitative estimate of drug-likeness (QED) is 0.789. The van der Waals surface area contributed by atoms with Crippen molar-refractivity contribution >= 4 is 6.09 Å². The maximum Gasteiger partial charge on any atom is 0.410 e. The first-order valence-electron chi connectivity index (χ1n) is 5.55. The van der Waals surface area contributed by atoms with E-state index >= 15 is 0 Å². The largest absolute Gasteiger partial charge is 0.496 e. The number of hydrogen-bond donors (Lipinski definition) is 0. The second-order valence-corrected chi connectivity index (χ2v) is 4.64. The molecule has 0 spiro atoms. The van der Waals surface area contributed by atoms with Crippen molar-refractivity contribution in [2.45, 2.75) is 19.4 Å². The van der Waals surface area contributed by atoms with Crippen molar-refractivity contribution in [2.24, 2.45) is 0 Å². The number of amides is 1. The van der Waals surface area contributed by atoms with E-state index in [4.69, 9.17) is 9.47 Å². The van der Waals surface area contributed by atoms with Crippen molar-refractivity contribution in [3.05, 3.63) is 29.3 Å². The third-order valence-corrected chi connectivity index (χ3v) is 3.17. The van der Waals surface area contributed by atoms with E-state index < -0.39 is 5.60 Å². The normalized spacial score (nSPS) is 23.8. The van der Waals surface area contributed by atoms with Gasteiger partial charge in [-0.3, -0.25) is 0 Å². The van der Waals surface area contributed by atoms with Crippen molar-refractivity contribution in [3.63, 3.8) is 0 Å². The summed E-state index contributed by atoms with van der Waals surface area (Å²) in [7, 11) is 3.39. The second kappa shape index (κ2) is 3.95. The Morgan fingerprint density at radius 2 is 2.18 bits per heavy atom. The average molecular weight is 235 g/mol. The molecule has 1 aromatic rings. The fraction of sp³-hybridized carbons (Fsp3) is 0.462. The lowest BCUT2D eigenvalue weighted by Crippen LogP contribution is -2.27. The summed E-state index contributed by atoms with van der Waals surface area (Å²) in [5.41, 5.74) is 1.47. The summed E-state index contributed by atoms with van der Waals surface area (Å²) in [6.07, 6.45) is -0.277. The van der Waals surface area contributed by atoms with E-state index in [9.17, 15) is 4.79 Å². The Labute approximate surface area is 101 Å². The summed E-state index contributed by atoms with van der Waals surface area (Å²) >= 11 is 0. The second-order valence-electron chi connectivity index (χ2n) is 4.64.